The van der Waals surface area contributed by atoms with Crippen molar-refractivity contribution in [2.45, 2.75) is 45.3 Å². The van der Waals surface area contributed by atoms with Gasteiger partial charge in [0.1, 0.15) is 0 Å². The number of amides is 1. The molecule has 0 saturated heterocycles. The van der Waals surface area contributed by atoms with Gasteiger partial charge in [-0.1, -0.05) is 30.3 Å². The maximum Gasteiger partial charge on any atom is 0.303 e. The molecule has 0 spiro atoms. The number of carboxylic acids is 1. The van der Waals surface area contributed by atoms with E-state index in [2.05, 4.69) is 5.32 Å². The van der Waals surface area contributed by atoms with Gasteiger partial charge in [-0.3, -0.25) is 9.59 Å². The summed E-state index contributed by atoms with van der Waals surface area (Å²) in [7, 11) is 0. The lowest BCUT2D eigenvalue weighted by Gasteiger charge is -2.12. The molecule has 0 aliphatic heterocycles. The van der Waals surface area contributed by atoms with E-state index in [9.17, 15) is 9.59 Å². The van der Waals surface area contributed by atoms with Crippen molar-refractivity contribution in [3.63, 3.8) is 0 Å². The van der Waals surface area contributed by atoms with Crippen molar-refractivity contribution in [1.82, 2.24) is 5.32 Å². The number of nitrogens with one attached hydrogen (secondary N) is 1. The van der Waals surface area contributed by atoms with Crippen LogP contribution >= 0.6 is 0 Å². The number of carbonyl (C=O) groups excluding carboxylic acids is 1. The zero-order valence-corrected chi connectivity index (χ0v) is 12.4. The van der Waals surface area contributed by atoms with E-state index in [-0.39, 0.29) is 18.4 Å². The molecule has 1 aromatic rings. The quantitative estimate of drug-likeness (QED) is 0.649. The molecule has 0 saturated carbocycles. The molecule has 1 amide bonds. The molecule has 2 N–H and O–H groups in total. The first-order valence-electron chi connectivity index (χ1n) is 7.20. The highest BCUT2D eigenvalue weighted by Gasteiger charge is 2.08. The maximum atomic E-state index is 11.6. The summed E-state index contributed by atoms with van der Waals surface area (Å²) < 4.78 is 5.50. The van der Waals surface area contributed by atoms with Gasteiger partial charge in [0.15, 0.2) is 0 Å². The maximum absolute atomic E-state index is 11.6. The first kappa shape index (κ1) is 17.2. The predicted octanol–water partition coefficient (Wildman–Crippen LogP) is 2.35. The molecule has 0 fully saturated rings. The Kier molecular flexibility index (Phi) is 8.12. The number of rotatable bonds is 10. The molecular weight excluding hydrogens is 270 g/mol. The molecule has 1 rings (SSSR count). The number of carbonyl (C=O) groups is 2. The van der Waals surface area contributed by atoms with Crippen LogP contribution in [-0.2, 0) is 20.9 Å². The first-order valence-corrected chi connectivity index (χ1v) is 7.20. The van der Waals surface area contributed by atoms with Crippen molar-refractivity contribution in [2.75, 3.05) is 6.61 Å². The minimum absolute atomic E-state index is 0.0591. The molecule has 0 heterocycles. The Morgan fingerprint density at radius 2 is 1.95 bits per heavy atom. The van der Waals surface area contributed by atoms with Crippen molar-refractivity contribution in [2.24, 2.45) is 0 Å². The summed E-state index contributed by atoms with van der Waals surface area (Å²) in [5.74, 6) is -0.901. The SMILES string of the molecule is CC(CCC(=O)O)NC(=O)CCCOCc1ccccc1. The van der Waals surface area contributed by atoms with E-state index in [1.54, 1.807) is 0 Å². The smallest absolute Gasteiger partial charge is 0.303 e. The molecule has 0 bridgehead atoms. The van der Waals surface area contributed by atoms with Crippen LogP contribution < -0.4 is 5.32 Å². The number of carboxylic acid groups (broad SMARTS) is 1. The van der Waals surface area contributed by atoms with Gasteiger partial charge in [-0.25, -0.2) is 0 Å². The molecule has 1 atom stereocenters. The zero-order chi connectivity index (χ0) is 15.5. The average Bonchev–Trinajstić information content (AvgIpc) is 2.46. The van der Waals surface area contributed by atoms with E-state index in [1.165, 1.54) is 0 Å². The molecule has 0 radical (unpaired) electrons. The lowest BCUT2D eigenvalue weighted by Crippen LogP contribution is -2.32. The summed E-state index contributed by atoms with van der Waals surface area (Å²) in [6.45, 7) is 2.90. The monoisotopic (exact) mass is 293 g/mol. The van der Waals surface area contributed by atoms with Crippen molar-refractivity contribution >= 4 is 11.9 Å². The second-order valence-corrected chi connectivity index (χ2v) is 5.04. The standard InChI is InChI=1S/C16H23NO4/c1-13(9-10-16(19)20)17-15(18)8-5-11-21-12-14-6-3-2-4-7-14/h2-4,6-7,13H,5,8-12H2,1H3,(H,17,18)(H,19,20). The van der Waals surface area contributed by atoms with Crippen LogP contribution in [0, 0.1) is 0 Å². The minimum Gasteiger partial charge on any atom is -0.481 e. The average molecular weight is 293 g/mol. The Balaban J connectivity index is 2.04. The van der Waals surface area contributed by atoms with Crippen molar-refractivity contribution in [3.05, 3.63) is 35.9 Å². The number of ether oxygens (including phenoxy) is 1. The van der Waals surface area contributed by atoms with E-state index >= 15 is 0 Å². The van der Waals surface area contributed by atoms with E-state index in [1.807, 2.05) is 37.3 Å². The van der Waals surface area contributed by atoms with Crippen LogP contribution in [0.25, 0.3) is 0 Å². The van der Waals surface area contributed by atoms with Crippen molar-refractivity contribution in [1.29, 1.82) is 0 Å². The van der Waals surface area contributed by atoms with Crippen LogP contribution in [0.15, 0.2) is 30.3 Å². The van der Waals surface area contributed by atoms with Gasteiger partial charge in [0.05, 0.1) is 6.61 Å². The third kappa shape index (κ3) is 8.81. The molecule has 1 unspecified atom stereocenters. The Bertz CT molecular complexity index is 433. The number of hydrogen-bond acceptors (Lipinski definition) is 3. The lowest BCUT2D eigenvalue weighted by molar-refractivity contribution is -0.137. The highest BCUT2D eigenvalue weighted by Crippen LogP contribution is 2.02. The van der Waals surface area contributed by atoms with Crippen LogP contribution in [0.4, 0.5) is 0 Å². The predicted molar refractivity (Wildman–Crippen MR) is 79.8 cm³/mol. The molecule has 5 nitrogen and oxygen atoms in total. The summed E-state index contributed by atoms with van der Waals surface area (Å²) >= 11 is 0. The molecule has 0 aromatic heterocycles. The van der Waals surface area contributed by atoms with Gasteiger partial charge in [0.2, 0.25) is 5.91 Å². The normalized spacial score (nSPS) is 11.9. The van der Waals surface area contributed by atoms with Gasteiger partial charge in [-0.15, -0.1) is 0 Å². The molecular formula is C16H23NO4. The van der Waals surface area contributed by atoms with Gasteiger partial charge in [-0.05, 0) is 25.3 Å². The number of aliphatic carboxylic acids is 1. The summed E-state index contributed by atoms with van der Waals surface area (Å²) in [5, 5.41) is 11.3. The second kappa shape index (κ2) is 9.94. The van der Waals surface area contributed by atoms with Crippen LogP contribution in [0.1, 0.15) is 38.2 Å². The van der Waals surface area contributed by atoms with Gasteiger partial charge < -0.3 is 15.2 Å². The molecule has 116 valence electrons. The molecule has 0 aliphatic carbocycles. The number of benzene rings is 1. The van der Waals surface area contributed by atoms with Crippen LogP contribution in [0.5, 0.6) is 0 Å². The molecule has 1 aromatic carbocycles. The fourth-order valence-corrected chi connectivity index (χ4v) is 1.86. The highest BCUT2D eigenvalue weighted by molar-refractivity contribution is 5.76. The summed E-state index contributed by atoms with van der Waals surface area (Å²) in [6.07, 6.45) is 1.57. The highest BCUT2D eigenvalue weighted by atomic mass is 16.5. The van der Waals surface area contributed by atoms with Gasteiger partial charge >= 0.3 is 5.97 Å². The van der Waals surface area contributed by atoms with E-state index in [0.29, 0.717) is 32.5 Å². The lowest BCUT2D eigenvalue weighted by atomic mass is 10.2. The Hall–Kier alpha value is -1.88. The van der Waals surface area contributed by atoms with Gasteiger partial charge in [0.25, 0.3) is 0 Å². The third-order valence-corrected chi connectivity index (χ3v) is 3.00. The number of hydrogen-bond donors (Lipinski definition) is 2. The Morgan fingerprint density at radius 1 is 1.24 bits per heavy atom. The minimum atomic E-state index is -0.842. The first-order chi connectivity index (χ1) is 10.1. The topological polar surface area (TPSA) is 75.6 Å². The molecule has 5 heteroatoms. The third-order valence-electron chi connectivity index (χ3n) is 3.00. The van der Waals surface area contributed by atoms with Crippen molar-refractivity contribution < 1.29 is 19.4 Å². The molecule has 21 heavy (non-hydrogen) atoms. The zero-order valence-electron chi connectivity index (χ0n) is 12.4. The van der Waals surface area contributed by atoms with E-state index in [0.717, 1.165) is 5.56 Å². The van der Waals surface area contributed by atoms with Crippen LogP contribution in [0.3, 0.4) is 0 Å². The largest absolute Gasteiger partial charge is 0.481 e. The van der Waals surface area contributed by atoms with Crippen LogP contribution in [0.2, 0.25) is 0 Å². The van der Waals surface area contributed by atoms with Crippen molar-refractivity contribution in [3.8, 4) is 0 Å². The van der Waals surface area contributed by atoms with Gasteiger partial charge in [-0.2, -0.15) is 0 Å². The summed E-state index contributed by atoms with van der Waals surface area (Å²) in [4.78, 5) is 22.0. The Labute approximate surface area is 125 Å². The van der Waals surface area contributed by atoms with E-state index in [4.69, 9.17) is 9.84 Å². The Morgan fingerprint density at radius 3 is 2.62 bits per heavy atom. The molecule has 0 aliphatic rings. The summed E-state index contributed by atoms with van der Waals surface area (Å²) in [6, 6.07) is 9.77. The fraction of sp³-hybridized carbons (Fsp3) is 0.500. The second-order valence-electron chi connectivity index (χ2n) is 5.04. The summed E-state index contributed by atoms with van der Waals surface area (Å²) in [5.41, 5.74) is 1.12. The van der Waals surface area contributed by atoms with Crippen LogP contribution in [-0.4, -0.2) is 29.6 Å². The van der Waals surface area contributed by atoms with E-state index < -0.39 is 5.97 Å². The fourth-order valence-electron chi connectivity index (χ4n) is 1.86. The van der Waals surface area contributed by atoms with Gasteiger partial charge in [0, 0.05) is 25.5 Å².